The molecule has 0 amide bonds. The Morgan fingerprint density at radius 2 is 2.07 bits per heavy atom. The quantitative estimate of drug-likeness (QED) is 0.705. The van der Waals surface area contributed by atoms with Crippen LogP contribution in [-0.4, -0.2) is 5.16 Å². The molecule has 2 nitrogen and oxygen atoms in total. The van der Waals surface area contributed by atoms with Gasteiger partial charge < -0.3 is 4.52 Å². The highest BCUT2D eigenvalue weighted by molar-refractivity contribution is 5.27. The van der Waals surface area contributed by atoms with E-state index in [2.05, 4.69) is 35.5 Å². The molecule has 0 N–H and O–H groups in total. The topological polar surface area (TPSA) is 26.0 Å². The fourth-order valence-corrected chi connectivity index (χ4v) is 2.34. The van der Waals surface area contributed by atoms with E-state index in [0.29, 0.717) is 5.92 Å². The summed E-state index contributed by atoms with van der Waals surface area (Å²) in [5.41, 5.74) is 2.72. The average molecular weight is 199 g/mol. The molecule has 1 atom stereocenters. The number of hydrogen-bond acceptors (Lipinski definition) is 2. The van der Waals surface area contributed by atoms with Crippen LogP contribution >= 0.6 is 0 Å². The minimum Gasteiger partial charge on any atom is -0.361 e. The first-order chi connectivity index (χ1) is 7.43. The Morgan fingerprint density at radius 3 is 2.93 bits per heavy atom. The lowest BCUT2D eigenvalue weighted by molar-refractivity contribution is 0.366. The van der Waals surface area contributed by atoms with Gasteiger partial charge in [0.2, 0.25) is 0 Å². The van der Waals surface area contributed by atoms with Crippen LogP contribution in [0.2, 0.25) is 0 Å². The Morgan fingerprint density at radius 1 is 1.20 bits per heavy atom. The molecule has 2 heteroatoms. The molecule has 1 aromatic heterocycles. The lowest BCUT2D eigenvalue weighted by Crippen LogP contribution is -2.10. The van der Waals surface area contributed by atoms with Gasteiger partial charge in [0.1, 0.15) is 5.76 Å². The van der Waals surface area contributed by atoms with E-state index in [1.54, 1.807) is 0 Å². The maximum atomic E-state index is 5.19. The fourth-order valence-electron chi connectivity index (χ4n) is 2.34. The molecular weight excluding hydrogens is 186 g/mol. The second kappa shape index (κ2) is 3.54. The van der Waals surface area contributed by atoms with Gasteiger partial charge in [-0.15, -0.1) is 0 Å². The highest BCUT2D eigenvalue weighted by Gasteiger charge is 2.22. The predicted octanol–water partition coefficient (Wildman–Crippen LogP) is 2.95. The third kappa shape index (κ3) is 1.56. The molecule has 0 bridgehead atoms. The smallest absolute Gasteiger partial charge is 0.139 e. The van der Waals surface area contributed by atoms with Crippen LogP contribution in [0.4, 0.5) is 0 Å². The van der Waals surface area contributed by atoms with Gasteiger partial charge in [-0.1, -0.05) is 35.5 Å². The van der Waals surface area contributed by atoms with Gasteiger partial charge in [0.15, 0.2) is 0 Å². The summed E-state index contributed by atoms with van der Waals surface area (Å²) in [7, 11) is 0. The third-order valence-corrected chi connectivity index (χ3v) is 3.19. The Bertz CT molecular complexity index is 447. The monoisotopic (exact) mass is 199 g/mol. The van der Waals surface area contributed by atoms with Crippen molar-refractivity contribution >= 4 is 0 Å². The van der Waals surface area contributed by atoms with Crippen molar-refractivity contribution in [1.29, 1.82) is 0 Å². The molecule has 0 saturated carbocycles. The number of nitrogens with zero attached hydrogens (tertiary/aromatic N) is 1. The van der Waals surface area contributed by atoms with Crippen molar-refractivity contribution in [2.24, 2.45) is 0 Å². The van der Waals surface area contributed by atoms with Crippen LogP contribution in [0.3, 0.4) is 0 Å². The van der Waals surface area contributed by atoms with E-state index in [0.717, 1.165) is 18.6 Å². The van der Waals surface area contributed by atoms with Crippen molar-refractivity contribution in [2.75, 3.05) is 0 Å². The summed E-state index contributed by atoms with van der Waals surface area (Å²) >= 11 is 0. The summed E-state index contributed by atoms with van der Waals surface area (Å²) in [4.78, 5) is 0. The molecule has 3 rings (SSSR count). The lowest BCUT2D eigenvalue weighted by atomic mass is 9.83. The van der Waals surface area contributed by atoms with Crippen LogP contribution in [0.1, 0.15) is 29.2 Å². The molecule has 1 heterocycles. The van der Waals surface area contributed by atoms with Gasteiger partial charge in [0.05, 0.1) is 6.20 Å². The van der Waals surface area contributed by atoms with E-state index in [9.17, 15) is 0 Å². The van der Waals surface area contributed by atoms with Gasteiger partial charge in [-0.2, -0.15) is 0 Å². The van der Waals surface area contributed by atoms with Crippen molar-refractivity contribution < 1.29 is 4.52 Å². The zero-order chi connectivity index (χ0) is 10.1. The summed E-state index contributed by atoms with van der Waals surface area (Å²) in [6, 6.07) is 10.7. The highest BCUT2D eigenvalue weighted by Crippen LogP contribution is 2.32. The number of hydrogen-bond donors (Lipinski definition) is 0. The first kappa shape index (κ1) is 8.72. The first-order valence-electron chi connectivity index (χ1n) is 5.41. The minimum atomic E-state index is 0.637. The van der Waals surface area contributed by atoms with E-state index in [-0.39, 0.29) is 0 Å². The molecule has 0 aliphatic heterocycles. The van der Waals surface area contributed by atoms with E-state index >= 15 is 0 Å². The number of aromatic nitrogens is 1. The van der Waals surface area contributed by atoms with Crippen molar-refractivity contribution in [1.82, 2.24) is 5.16 Å². The van der Waals surface area contributed by atoms with E-state index in [1.807, 2.05) is 6.20 Å². The number of aryl methyl sites for hydroxylation is 1. The van der Waals surface area contributed by atoms with E-state index in [4.69, 9.17) is 4.52 Å². The number of rotatable bonds is 1. The van der Waals surface area contributed by atoms with Crippen LogP contribution < -0.4 is 0 Å². The van der Waals surface area contributed by atoms with Crippen LogP contribution in [0.15, 0.2) is 41.1 Å². The summed E-state index contributed by atoms with van der Waals surface area (Å²) in [6.07, 6.45) is 5.13. The van der Waals surface area contributed by atoms with Gasteiger partial charge in [0.25, 0.3) is 0 Å². The zero-order valence-corrected chi connectivity index (χ0v) is 8.52. The summed E-state index contributed by atoms with van der Waals surface area (Å²) in [5.74, 6) is 1.72. The van der Waals surface area contributed by atoms with Crippen molar-refractivity contribution in [3.05, 3.63) is 53.4 Å². The lowest BCUT2D eigenvalue weighted by Gasteiger charge is -2.20. The normalized spacial score (nSPS) is 19.9. The summed E-state index contributed by atoms with van der Waals surface area (Å²) < 4.78 is 5.19. The zero-order valence-electron chi connectivity index (χ0n) is 8.52. The highest BCUT2D eigenvalue weighted by atomic mass is 16.5. The average Bonchev–Trinajstić information content (AvgIpc) is 2.77. The van der Waals surface area contributed by atoms with E-state index < -0.39 is 0 Å². The van der Waals surface area contributed by atoms with Crippen LogP contribution in [0.25, 0.3) is 0 Å². The van der Waals surface area contributed by atoms with Gasteiger partial charge in [-0.3, -0.25) is 0 Å². The molecule has 1 aliphatic carbocycles. The number of benzene rings is 1. The standard InChI is InChI=1S/C13H13NO/c1-2-4-10(5-3-1)11-6-7-13-12(8-11)9-14-15-13/h1-5,9,11H,6-8H2. The summed E-state index contributed by atoms with van der Waals surface area (Å²) in [5, 5.41) is 3.86. The second-order valence-electron chi connectivity index (χ2n) is 4.12. The van der Waals surface area contributed by atoms with Crippen LogP contribution in [0, 0.1) is 0 Å². The third-order valence-electron chi connectivity index (χ3n) is 3.19. The SMILES string of the molecule is c1ccc(C2CCc3oncc3C2)cc1. The van der Waals surface area contributed by atoms with E-state index in [1.165, 1.54) is 17.5 Å². The summed E-state index contributed by atoms with van der Waals surface area (Å²) in [6.45, 7) is 0. The largest absolute Gasteiger partial charge is 0.361 e. The minimum absolute atomic E-state index is 0.637. The van der Waals surface area contributed by atoms with Crippen molar-refractivity contribution in [3.63, 3.8) is 0 Å². The maximum absolute atomic E-state index is 5.19. The Kier molecular flexibility index (Phi) is 2.05. The number of fused-ring (bicyclic) bond motifs is 1. The molecule has 1 unspecified atom stereocenters. The van der Waals surface area contributed by atoms with Crippen molar-refractivity contribution in [3.8, 4) is 0 Å². The first-order valence-corrected chi connectivity index (χ1v) is 5.41. The molecule has 1 aliphatic rings. The second-order valence-corrected chi connectivity index (χ2v) is 4.12. The molecule has 0 radical (unpaired) electrons. The van der Waals surface area contributed by atoms with Crippen LogP contribution in [0.5, 0.6) is 0 Å². The molecule has 0 saturated heterocycles. The predicted molar refractivity (Wildman–Crippen MR) is 57.7 cm³/mol. The fraction of sp³-hybridized carbons (Fsp3) is 0.308. The molecule has 0 fully saturated rings. The Hall–Kier alpha value is -1.57. The van der Waals surface area contributed by atoms with Gasteiger partial charge in [-0.25, -0.2) is 0 Å². The maximum Gasteiger partial charge on any atom is 0.139 e. The van der Waals surface area contributed by atoms with Gasteiger partial charge in [0, 0.05) is 12.0 Å². The molecule has 1 aromatic carbocycles. The molecule has 0 spiro atoms. The van der Waals surface area contributed by atoms with Gasteiger partial charge in [-0.05, 0) is 24.3 Å². The van der Waals surface area contributed by atoms with Crippen LogP contribution in [-0.2, 0) is 12.8 Å². The molecule has 2 aromatic rings. The molecular formula is C13H13NO. The Balaban J connectivity index is 1.88. The molecule has 76 valence electrons. The Labute approximate surface area is 88.9 Å². The van der Waals surface area contributed by atoms with Gasteiger partial charge >= 0.3 is 0 Å². The van der Waals surface area contributed by atoms with Crippen molar-refractivity contribution in [2.45, 2.75) is 25.2 Å². The molecule has 15 heavy (non-hydrogen) atoms.